The molecule has 1 aromatic carbocycles. The average molecular weight is 287 g/mol. The van der Waals surface area contributed by atoms with E-state index in [1.807, 2.05) is 0 Å². The zero-order valence-electron chi connectivity index (χ0n) is 12.4. The molecule has 2 aliphatic rings. The van der Waals surface area contributed by atoms with Gasteiger partial charge in [-0.05, 0) is 48.9 Å². The maximum Gasteiger partial charge on any atom is 0.340 e. The van der Waals surface area contributed by atoms with Gasteiger partial charge >= 0.3 is 5.97 Å². The molecule has 0 unspecified atom stereocenters. The minimum absolute atomic E-state index is 0.0324. The molecule has 0 heterocycles. The van der Waals surface area contributed by atoms with Crippen LogP contribution in [0.15, 0.2) is 29.4 Å². The molecule has 0 bridgehead atoms. The lowest BCUT2D eigenvalue weighted by molar-refractivity contribution is -0.0224. The van der Waals surface area contributed by atoms with Crippen LogP contribution >= 0.6 is 0 Å². The summed E-state index contributed by atoms with van der Waals surface area (Å²) in [5, 5.41) is 2.91. The lowest BCUT2D eigenvalue weighted by atomic mass is 9.68. The first kappa shape index (κ1) is 14.2. The first-order valence-electron chi connectivity index (χ1n) is 7.78. The van der Waals surface area contributed by atoms with Crippen molar-refractivity contribution >= 4 is 11.7 Å². The largest absolute Gasteiger partial charge is 0.458 e. The third-order valence-electron chi connectivity index (χ3n) is 5.44. The lowest BCUT2D eigenvalue weighted by Gasteiger charge is -2.39. The molecule has 4 nitrogen and oxygen atoms in total. The second-order valence-corrected chi connectivity index (χ2v) is 6.53. The molecule has 1 aromatic rings. The van der Waals surface area contributed by atoms with E-state index in [2.05, 4.69) is 12.1 Å². The van der Waals surface area contributed by atoms with E-state index in [1.54, 1.807) is 24.3 Å². The second kappa shape index (κ2) is 5.58. The van der Waals surface area contributed by atoms with Crippen LogP contribution in [0, 0.1) is 16.2 Å². The molecule has 4 heteroatoms. The Balaban J connectivity index is 1.77. The number of nitroso groups, excluding NO2 is 1. The maximum atomic E-state index is 12.4. The fraction of sp³-hybridized carbons (Fsp3) is 0.588. The van der Waals surface area contributed by atoms with Crippen molar-refractivity contribution in [3.05, 3.63) is 34.7 Å². The third kappa shape index (κ3) is 2.47. The van der Waals surface area contributed by atoms with Gasteiger partial charge in [0.05, 0.1) is 5.56 Å². The fourth-order valence-corrected chi connectivity index (χ4v) is 4.12. The number of rotatable bonds is 3. The van der Waals surface area contributed by atoms with Gasteiger partial charge in [-0.1, -0.05) is 31.9 Å². The smallest absolute Gasteiger partial charge is 0.340 e. The van der Waals surface area contributed by atoms with Gasteiger partial charge in [0.1, 0.15) is 11.8 Å². The zero-order chi connectivity index (χ0) is 14.9. The number of ether oxygens (including phenoxy) is 1. The number of hydrogen-bond donors (Lipinski definition) is 0. The molecule has 0 saturated heterocycles. The Morgan fingerprint density at radius 3 is 2.86 bits per heavy atom. The van der Waals surface area contributed by atoms with Crippen molar-refractivity contribution in [2.75, 3.05) is 0 Å². The van der Waals surface area contributed by atoms with E-state index in [-0.39, 0.29) is 22.8 Å². The predicted molar refractivity (Wildman–Crippen MR) is 80.4 cm³/mol. The van der Waals surface area contributed by atoms with Crippen LogP contribution in [0.1, 0.15) is 55.8 Å². The fourth-order valence-electron chi connectivity index (χ4n) is 4.12. The van der Waals surface area contributed by atoms with Crippen LogP contribution in [0.5, 0.6) is 0 Å². The Kier molecular flexibility index (Phi) is 3.79. The summed E-state index contributed by atoms with van der Waals surface area (Å²) in [6, 6.07) is 6.57. The molecule has 0 N–H and O–H groups in total. The first-order chi connectivity index (χ1) is 10.1. The number of esters is 1. The number of carbonyl (C=O) groups is 1. The van der Waals surface area contributed by atoms with Crippen LogP contribution in [0.4, 0.5) is 5.69 Å². The van der Waals surface area contributed by atoms with Gasteiger partial charge in [0.25, 0.3) is 0 Å². The van der Waals surface area contributed by atoms with Gasteiger partial charge in [-0.3, -0.25) is 0 Å². The molecule has 2 saturated carbocycles. The molecule has 112 valence electrons. The van der Waals surface area contributed by atoms with Gasteiger partial charge in [-0.15, -0.1) is 4.91 Å². The molecular weight excluding hydrogens is 266 g/mol. The first-order valence-corrected chi connectivity index (χ1v) is 7.78. The van der Waals surface area contributed by atoms with Gasteiger partial charge in [-0.2, -0.15) is 0 Å². The van der Waals surface area contributed by atoms with Crippen LogP contribution in [0.3, 0.4) is 0 Å². The van der Waals surface area contributed by atoms with Crippen molar-refractivity contribution < 1.29 is 9.53 Å². The van der Waals surface area contributed by atoms with Gasteiger partial charge in [0.2, 0.25) is 0 Å². The summed E-state index contributed by atoms with van der Waals surface area (Å²) in [6.07, 6.45) is 6.92. The zero-order valence-corrected chi connectivity index (χ0v) is 12.4. The highest BCUT2D eigenvalue weighted by molar-refractivity contribution is 5.94. The SMILES string of the molecule is C[C@@]12CCCC[C@H]1CC[C@H]2OC(=O)c1ccccc1N=O. The van der Waals surface area contributed by atoms with E-state index < -0.39 is 5.97 Å². The van der Waals surface area contributed by atoms with E-state index >= 15 is 0 Å². The molecular formula is C17H21NO3. The molecule has 0 radical (unpaired) electrons. The average Bonchev–Trinajstić information content (AvgIpc) is 2.84. The van der Waals surface area contributed by atoms with E-state index in [0.717, 1.165) is 19.3 Å². The molecule has 3 rings (SSSR count). The number of fused-ring (bicyclic) bond motifs is 1. The van der Waals surface area contributed by atoms with Gasteiger partial charge in [0, 0.05) is 5.41 Å². The predicted octanol–water partition coefficient (Wildman–Crippen LogP) is 4.60. The van der Waals surface area contributed by atoms with Crippen molar-refractivity contribution in [1.29, 1.82) is 0 Å². The molecule has 2 fully saturated rings. The third-order valence-corrected chi connectivity index (χ3v) is 5.44. The Hall–Kier alpha value is -1.71. The minimum atomic E-state index is -0.414. The van der Waals surface area contributed by atoms with Crippen LogP contribution < -0.4 is 0 Å². The Morgan fingerprint density at radius 1 is 1.24 bits per heavy atom. The van der Waals surface area contributed by atoms with Crippen molar-refractivity contribution in [3.63, 3.8) is 0 Å². The van der Waals surface area contributed by atoms with Crippen LogP contribution in [-0.4, -0.2) is 12.1 Å². The summed E-state index contributed by atoms with van der Waals surface area (Å²) in [7, 11) is 0. The molecule has 3 atom stereocenters. The topological polar surface area (TPSA) is 55.7 Å². The van der Waals surface area contributed by atoms with Gasteiger partial charge in [-0.25, -0.2) is 4.79 Å². The summed E-state index contributed by atoms with van der Waals surface area (Å²) in [4.78, 5) is 23.2. The van der Waals surface area contributed by atoms with Crippen molar-refractivity contribution in [2.24, 2.45) is 16.5 Å². The van der Waals surface area contributed by atoms with E-state index in [0.29, 0.717) is 5.92 Å². The van der Waals surface area contributed by atoms with Crippen molar-refractivity contribution in [1.82, 2.24) is 0 Å². The normalized spacial score (nSPS) is 31.5. The van der Waals surface area contributed by atoms with Gasteiger partial charge < -0.3 is 4.74 Å². The van der Waals surface area contributed by atoms with Crippen LogP contribution in [0.2, 0.25) is 0 Å². The minimum Gasteiger partial charge on any atom is -0.458 e. The van der Waals surface area contributed by atoms with E-state index in [4.69, 9.17) is 4.74 Å². The molecule has 21 heavy (non-hydrogen) atoms. The number of benzene rings is 1. The highest BCUT2D eigenvalue weighted by atomic mass is 16.5. The molecule has 0 aromatic heterocycles. The van der Waals surface area contributed by atoms with E-state index in [9.17, 15) is 9.70 Å². The molecule has 0 spiro atoms. The van der Waals surface area contributed by atoms with Crippen molar-refractivity contribution in [3.8, 4) is 0 Å². The molecule has 2 aliphatic carbocycles. The number of nitrogens with zero attached hydrogens (tertiary/aromatic N) is 1. The highest BCUT2D eigenvalue weighted by Gasteiger charge is 2.49. The van der Waals surface area contributed by atoms with Crippen LogP contribution in [-0.2, 0) is 4.74 Å². The summed E-state index contributed by atoms with van der Waals surface area (Å²) < 4.78 is 5.77. The number of carbonyl (C=O) groups excluding carboxylic acids is 1. The quantitative estimate of drug-likeness (QED) is 0.603. The summed E-state index contributed by atoms with van der Waals surface area (Å²) in [6.45, 7) is 2.26. The maximum absolute atomic E-state index is 12.4. The molecule has 0 aliphatic heterocycles. The Bertz CT molecular complexity index is 557. The highest BCUT2D eigenvalue weighted by Crippen LogP contribution is 2.53. The summed E-state index contributed by atoms with van der Waals surface area (Å²) >= 11 is 0. The lowest BCUT2D eigenvalue weighted by Crippen LogP contribution is -2.37. The van der Waals surface area contributed by atoms with Crippen LogP contribution in [0.25, 0.3) is 0 Å². The van der Waals surface area contributed by atoms with Gasteiger partial charge in [0.15, 0.2) is 0 Å². The van der Waals surface area contributed by atoms with E-state index in [1.165, 1.54) is 19.3 Å². The monoisotopic (exact) mass is 287 g/mol. The Labute approximate surface area is 124 Å². The Morgan fingerprint density at radius 2 is 2.05 bits per heavy atom. The summed E-state index contributed by atoms with van der Waals surface area (Å²) in [5.41, 5.74) is 0.540. The molecule has 0 amide bonds. The second-order valence-electron chi connectivity index (χ2n) is 6.53. The standard InChI is InChI=1S/C17H21NO3/c1-17-11-5-4-6-12(17)9-10-15(17)21-16(19)13-7-2-3-8-14(13)18-20/h2-3,7-8,12,15H,4-6,9-11H2,1H3/t12-,15+,17+/m0/s1. The summed E-state index contributed by atoms with van der Waals surface area (Å²) in [5.74, 6) is 0.256. The number of hydrogen-bond acceptors (Lipinski definition) is 4. The van der Waals surface area contributed by atoms with Crippen molar-refractivity contribution in [2.45, 2.75) is 51.6 Å².